The van der Waals surface area contributed by atoms with Gasteiger partial charge >= 0.3 is 5.97 Å². The lowest BCUT2D eigenvalue weighted by molar-refractivity contribution is -0.119. The molecule has 0 radical (unpaired) electrons. The molecule has 1 aromatic heterocycles. The summed E-state index contributed by atoms with van der Waals surface area (Å²) < 4.78 is 15.4. The summed E-state index contributed by atoms with van der Waals surface area (Å²) in [6.07, 6.45) is 0. The second kappa shape index (κ2) is 7.27. The molecule has 6 nitrogen and oxygen atoms in total. The Morgan fingerprint density at radius 1 is 1.16 bits per heavy atom. The number of amides is 1. The SMILES string of the molecule is COc1ccc(NC(=O)COC(=O)c2cc3ccccc3o2)cc1Cl. The Balaban J connectivity index is 1.58. The van der Waals surface area contributed by atoms with Crippen LogP contribution in [0.1, 0.15) is 10.6 Å². The molecule has 0 aliphatic rings. The number of anilines is 1. The number of nitrogens with one attached hydrogen (secondary N) is 1. The fraction of sp³-hybridized carbons (Fsp3) is 0.111. The molecule has 0 aliphatic carbocycles. The predicted molar refractivity (Wildman–Crippen MR) is 93.1 cm³/mol. The van der Waals surface area contributed by atoms with Gasteiger partial charge in [0.15, 0.2) is 6.61 Å². The fourth-order valence-corrected chi connectivity index (χ4v) is 2.48. The molecular formula is C18H14ClNO5. The quantitative estimate of drug-likeness (QED) is 0.699. The zero-order chi connectivity index (χ0) is 17.8. The molecule has 25 heavy (non-hydrogen) atoms. The van der Waals surface area contributed by atoms with Gasteiger partial charge in [0.05, 0.1) is 12.1 Å². The average Bonchev–Trinajstić information content (AvgIpc) is 3.04. The maximum absolute atomic E-state index is 12.0. The number of hydrogen-bond donors (Lipinski definition) is 1. The molecular weight excluding hydrogens is 346 g/mol. The third-order valence-corrected chi connectivity index (χ3v) is 3.69. The second-order valence-corrected chi connectivity index (χ2v) is 5.53. The minimum absolute atomic E-state index is 0.0430. The Hall–Kier alpha value is -2.99. The molecule has 0 aliphatic heterocycles. The number of furan rings is 1. The molecule has 0 atom stereocenters. The lowest BCUT2D eigenvalue weighted by Gasteiger charge is -2.08. The van der Waals surface area contributed by atoms with Crippen molar-refractivity contribution in [3.8, 4) is 5.75 Å². The van der Waals surface area contributed by atoms with Crippen molar-refractivity contribution in [3.63, 3.8) is 0 Å². The third kappa shape index (κ3) is 3.92. The first-order valence-electron chi connectivity index (χ1n) is 7.36. The first kappa shape index (κ1) is 16.9. The summed E-state index contributed by atoms with van der Waals surface area (Å²) in [6, 6.07) is 13.6. The molecule has 1 N–H and O–H groups in total. The standard InChI is InChI=1S/C18H14ClNO5/c1-23-15-7-6-12(9-13(15)19)20-17(21)10-24-18(22)16-8-11-4-2-3-5-14(11)25-16/h2-9H,10H2,1H3,(H,20,21). The maximum Gasteiger partial charge on any atom is 0.374 e. The Kier molecular flexibility index (Phi) is 4.90. The number of hydrogen-bond acceptors (Lipinski definition) is 5. The van der Waals surface area contributed by atoms with Crippen LogP contribution in [0.5, 0.6) is 5.75 Å². The summed E-state index contributed by atoms with van der Waals surface area (Å²) in [4.78, 5) is 23.9. The second-order valence-electron chi connectivity index (χ2n) is 5.12. The topological polar surface area (TPSA) is 77.8 Å². The van der Waals surface area contributed by atoms with E-state index in [1.54, 1.807) is 36.4 Å². The summed E-state index contributed by atoms with van der Waals surface area (Å²) in [5.74, 6) is -0.665. The van der Waals surface area contributed by atoms with Crippen molar-refractivity contribution < 1.29 is 23.5 Å². The largest absolute Gasteiger partial charge is 0.495 e. The number of rotatable bonds is 5. The van der Waals surface area contributed by atoms with E-state index in [2.05, 4.69) is 5.32 Å². The molecule has 3 aromatic rings. The number of fused-ring (bicyclic) bond motifs is 1. The first-order valence-corrected chi connectivity index (χ1v) is 7.73. The van der Waals surface area contributed by atoms with Crippen molar-refractivity contribution in [3.05, 3.63) is 59.3 Å². The van der Waals surface area contributed by atoms with Gasteiger partial charge in [-0.3, -0.25) is 4.79 Å². The number of para-hydroxylation sites is 1. The molecule has 7 heteroatoms. The van der Waals surface area contributed by atoms with E-state index in [0.29, 0.717) is 22.0 Å². The van der Waals surface area contributed by atoms with Crippen molar-refractivity contribution in [2.24, 2.45) is 0 Å². The molecule has 0 saturated heterocycles. The highest BCUT2D eigenvalue weighted by molar-refractivity contribution is 6.32. The van der Waals surface area contributed by atoms with E-state index in [9.17, 15) is 9.59 Å². The first-order chi connectivity index (χ1) is 12.1. The summed E-state index contributed by atoms with van der Waals surface area (Å²) in [5.41, 5.74) is 1.04. The van der Waals surface area contributed by atoms with E-state index in [-0.39, 0.29) is 5.76 Å². The highest BCUT2D eigenvalue weighted by atomic mass is 35.5. The average molecular weight is 360 g/mol. The summed E-state index contributed by atoms with van der Waals surface area (Å²) in [5, 5.41) is 3.73. The highest BCUT2D eigenvalue weighted by Gasteiger charge is 2.15. The number of carbonyl (C=O) groups is 2. The van der Waals surface area contributed by atoms with Gasteiger partial charge in [0.2, 0.25) is 5.76 Å². The molecule has 0 spiro atoms. The Bertz CT molecular complexity index is 901. The van der Waals surface area contributed by atoms with Gasteiger partial charge in [0.1, 0.15) is 11.3 Å². The number of carbonyl (C=O) groups excluding carboxylic acids is 2. The number of halogens is 1. The van der Waals surface area contributed by atoms with Gasteiger partial charge < -0.3 is 19.2 Å². The van der Waals surface area contributed by atoms with Crippen LogP contribution in [-0.4, -0.2) is 25.6 Å². The zero-order valence-corrected chi connectivity index (χ0v) is 14.0. The number of ether oxygens (including phenoxy) is 2. The predicted octanol–water partition coefficient (Wildman–Crippen LogP) is 3.89. The molecule has 128 valence electrons. The normalized spacial score (nSPS) is 10.5. The molecule has 1 amide bonds. The van der Waals surface area contributed by atoms with Crippen molar-refractivity contribution in [2.45, 2.75) is 0 Å². The van der Waals surface area contributed by atoms with Crippen LogP contribution in [0.15, 0.2) is 52.9 Å². The van der Waals surface area contributed by atoms with Crippen LogP contribution >= 0.6 is 11.6 Å². The van der Waals surface area contributed by atoms with Gasteiger partial charge in [0, 0.05) is 11.1 Å². The summed E-state index contributed by atoms with van der Waals surface area (Å²) >= 11 is 5.99. The summed E-state index contributed by atoms with van der Waals surface area (Å²) in [7, 11) is 1.50. The number of methoxy groups -OCH3 is 1. The molecule has 1 heterocycles. The van der Waals surface area contributed by atoms with Gasteiger partial charge in [-0.05, 0) is 30.3 Å². The van der Waals surface area contributed by atoms with Crippen molar-refractivity contribution in [1.82, 2.24) is 0 Å². The van der Waals surface area contributed by atoms with Crippen LogP contribution in [0.4, 0.5) is 5.69 Å². The van der Waals surface area contributed by atoms with Crippen LogP contribution in [0, 0.1) is 0 Å². The molecule has 2 aromatic carbocycles. The summed E-state index contributed by atoms with van der Waals surface area (Å²) in [6.45, 7) is -0.445. The minimum atomic E-state index is -0.709. The minimum Gasteiger partial charge on any atom is -0.495 e. The van der Waals surface area contributed by atoms with E-state index < -0.39 is 18.5 Å². The van der Waals surface area contributed by atoms with Crippen LogP contribution in [0.25, 0.3) is 11.0 Å². The lowest BCUT2D eigenvalue weighted by Crippen LogP contribution is -2.20. The van der Waals surface area contributed by atoms with Gasteiger partial charge in [-0.1, -0.05) is 29.8 Å². The van der Waals surface area contributed by atoms with E-state index in [1.165, 1.54) is 7.11 Å². The lowest BCUT2D eigenvalue weighted by atomic mass is 10.2. The Morgan fingerprint density at radius 2 is 1.96 bits per heavy atom. The van der Waals surface area contributed by atoms with E-state index in [1.807, 2.05) is 12.1 Å². The van der Waals surface area contributed by atoms with Gasteiger partial charge in [0.25, 0.3) is 5.91 Å². The van der Waals surface area contributed by atoms with Crippen LogP contribution in [-0.2, 0) is 9.53 Å². The van der Waals surface area contributed by atoms with Gasteiger partial charge in [-0.25, -0.2) is 4.79 Å². The Labute approximate surface area is 148 Å². The van der Waals surface area contributed by atoms with Gasteiger partial charge in [-0.15, -0.1) is 0 Å². The third-order valence-electron chi connectivity index (χ3n) is 3.40. The molecule has 0 saturated carbocycles. The smallest absolute Gasteiger partial charge is 0.374 e. The van der Waals surface area contributed by atoms with Crippen LogP contribution < -0.4 is 10.1 Å². The van der Waals surface area contributed by atoms with Crippen molar-refractivity contribution in [2.75, 3.05) is 19.0 Å². The number of benzene rings is 2. The molecule has 3 rings (SSSR count). The monoisotopic (exact) mass is 359 g/mol. The van der Waals surface area contributed by atoms with E-state index in [4.69, 9.17) is 25.5 Å². The van der Waals surface area contributed by atoms with Crippen molar-refractivity contribution >= 4 is 40.1 Å². The maximum atomic E-state index is 12.0. The molecule has 0 bridgehead atoms. The number of esters is 1. The van der Waals surface area contributed by atoms with Crippen molar-refractivity contribution in [1.29, 1.82) is 0 Å². The Morgan fingerprint density at radius 3 is 2.68 bits per heavy atom. The van der Waals surface area contributed by atoms with Crippen LogP contribution in [0.2, 0.25) is 5.02 Å². The van der Waals surface area contributed by atoms with E-state index >= 15 is 0 Å². The molecule has 0 unspecified atom stereocenters. The zero-order valence-electron chi connectivity index (χ0n) is 13.2. The molecule has 0 fully saturated rings. The highest BCUT2D eigenvalue weighted by Crippen LogP contribution is 2.27. The fourth-order valence-electron chi connectivity index (χ4n) is 2.23. The van der Waals surface area contributed by atoms with Crippen LogP contribution in [0.3, 0.4) is 0 Å². The van der Waals surface area contributed by atoms with E-state index in [0.717, 1.165) is 5.39 Å². The van der Waals surface area contributed by atoms with Gasteiger partial charge in [-0.2, -0.15) is 0 Å².